The van der Waals surface area contributed by atoms with Crippen molar-refractivity contribution in [2.75, 3.05) is 11.5 Å². The zero-order valence-electron chi connectivity index (χ0n) is 12.5. The van der Waals surface area contributed by atoms with E-state index >= 15 is 0 Å². The zero-order valence-corrected chi connectivity index (χ0v) is 13.3. The normalized spacial score (nSPS) is 22.9. The zero-order chi connectivity index (χ0) is 14.3. The Morgan fingerprint density at radius 3 is 2.85 bits per heavy atom. The lowest BCUT2D eigenvalue weighted by atomic mass is 10.2. The number of nitrogen functional groups attached to an aromatic ring is 1. The molecule has 6 heteroatoms. The highest BCUT2D eigenvalue weighted by atomic mass is 32.2. The fourth-order valence-corrected chi connectivity index (χ4v) is 4.61. The van der Waals surface area contributed by atoms with Crippen molar-refractivity contribution >= 4 is 28.9 Å². The molecule has 0 aromatic carbocycles. The molecule has 2 aromatic rings. The van der Waals surface area contributed by atoms with Crippen LogP contribution in [0.4, 0.5) is 5.95 Å². The number of nitrogens with two attached hydrogens (primary N) is 1. The maximum atomic E-state index is 6.23. The molecule has 1 aliphatic rings. The molecule has 110 valence electrons. The molecule has 1 fully saturated rings. The maximum Gasteiger partial charge on any atom is 0.202 e. The Morgan fingerprint density at radius 1 is 1.35 bits per heavy atom. The Hall–Kier alpha value is -1.17. The lowest BCUT2D eigenvalue weighted by Gasteiger charge is -2.22. The number of rotatable bonds is 4. The summed E-state index contributed by atoms with van der Waals surface area (Å²) in [5.74, 6) is 1.81. The molecule has 0 amide bonds. The molecule has 2 N–H and O–H groups in total. The van der Waals surface area contributed by atoms with Crippen molar-refractivity contribution in [3.8, 4) is 0 Å². The Balaban J connectivity index is 2.12. The van der Waals surface area contributed by atoms with Crippen LogP contribution < -0.4 is 5.73 Å². The van der Waals surface area contributed by atoms with Crippen molar-refractivity contribution in [2.24, 2.45) is 0 Å². The monoisotopic (exact) mass is 293 g/mol. The number of imidazole rings is 1. The largest absolute Gasteiger partial charge is 0.369 e. The summed E-state index contributed by atoms with van der Waals surface area (Å²) in [6.07, 6.45) is 3.75. The Morgan fingerprint density at radius 2 is 2.15 bits per heavy atom. The minimum atomic E-state index is 0.464. The Bertz CT molecular complexity index is 615. The van der Waals surface area contributed by atoms with Crippen molar-refractivity contribution in [1.82, 2.24) is 19.3 Å². The van der Waals surface area contributed by atoms with Gasteiger partial charge in [-0.15, -0.1) is 0 Å². The minimum absolute atomic E-state index is 0.464. The van der Waals surface area contributed by atoms with Gasteiger partial charge in [0.25, 0.3) is 0 Å². The van der Waals surface area contributed by atoms with Gasteiger partial charge in [-0.25, -0.2) is 9.67 Å². The fraction of sp³-hybridized carbons (Fsp3) is 0.714. The third kappa shape index (κ3) is 2.01. The molecule has 0 bridgehead atoms. The summed E-state index contributed by atoms with van der Waals surface area (Å²) in [4.78, 5) is 4.57. The first kappa shape index (κ1) is 13.8. The molecule has 2 atom stereocenters. The topological polar surface area (TPSA) is 61.7 Å². The predicted octanol–water partition coefficient (Wildman–Crippen LogP) is 2.99. The van der Waals surface area contributed by atoms with Crippen LogP contribution in [0.5, 0.6) is 0 Å². The molecule has 0 radical (unpaired) electrons. The molecule has 0 spiro atoms. The van der Waals surface area contributed by atoms with E-state index in [1.54, 1.807) is 0 Å². The van der Waals surface area contributed by atoms with Crippen LogP contribution in [0.1, 0.15) is 44.8 Å². The van der Waals surface area contributed by atoms with Gasteiger partial charge < -0.3 is 5.73 Å². The third-order valence-corrected chi connectivity index (χ3v) is 5.51. The van der Waals surface area contributed by atoms with Crippen LogP contribution in [0.25, 0.3) is 11.2 Å². The number of hydrogen-bond acceptors (Lipinski definition) is 4. The van der Waals surface area contributed by atoms with Gasteiger partial charge in [0.1, 0.15) is 5.52 Å². The quantitative estimate of drug-likeness (QED) is 0.941. The van der Waals surface area contributed by atoms with Gasteiger partial charge in [-0.05, 0) is 32.4 Å². The van der Waals surface area contributed by atoms with Crippen molar-refractivity contribution in [1.29, 1.82) is 0 Å². The van der Waals surface area contributed by atoms with E-state index in [0.717, 1.165) is 29.2 Å². The molecule has 2 aromatic heterocycles. The molecule has 0 saturated heterocycles. The first-order chi connectivity index (χ1) is 9.67. The van der Waals surface area contributed by atoms with Gasteiger partial charge in [-0.2, -0.15) is 16.9 Å². The molecule has 20 heavy (non-hydrogen) atoms. The van der Waals surface area contributed by atoms with Crippen LogP contribution in [0.15, 0.2) is 0 Å². The van der Waals surface area contributed by atoms with E-state index in [-0.39, 0.29) is 0 Å². The maximum absolute atomic E-state index is 6.23. The predicted molar refractivity (Wildman–Crippen MR) is 85.1 cm³/mol. The number of hydrogen-bond donors (Lipinski definition) is 1. The van der Waals surface area contributed by atoms with Gasteiger partial charge >= 0.3 is 0 Å². The van der Waals surface area contributed by atoms with Crippen LogP contribution >= 0.6 is 11.8 Å². The van der Waals surface area contributed by atoms with E-state index in [2.05, 4.69) is 28.5 Å². The fourth-order valence-electron chi connectivity index (χ4n) is 3.36. The highest BCUT2D eigenvalue weighted by Crippen LogP contribution is 2.41. The first-order valence-electron chi connectivity index (χ1n) is 7.49. The summed E-state index contributed by atoms with van der Waals surface area (Å²) in [6.45, 7) is 7.21. The number of anilines is 1. The van der Waals surface area contributed by atoms with E-state index in [9.17, 15) is 0 Å². The number of thioether (sulfide) groups is 1. The van der Waals surface area contributed by atoms with E-state index in [0.29, 0.717) is 17.2 Å². The van der Waals surface area contributed by atoms with Gasteiger partial charge in [-0.1, -0.05) is 13.3 Å². The van der Waals surface area contributed by atoms with Crippen LogP contribution in [-0.2, 0) is 6.54 Å². The molecule has 3 rings (SSSR count). The van der Waals surface area contributed by atoms with Gasteiger partial charge in [0, 0.05) is 11.8 Å². The smallest absolute Gasteiger partial charge is 0.202 e. The molecule has 1 saturated carbocycles. The van der Waals surface area contributed by atoms with Gasteiger partial charge in [0.15, 0.2) is 5.65 Å². The number of aryl methyl sites for hydroxylation is 2. The van der Waals surface area contributed by atoms with Gasteiger partial charge in [0.2, 0.25) is 5.95 Å². The summed E-state index contributed by atoms with van der Waals surface area (Å²) < 4.78 is 4.29. The van der Waals surface area contributed by atoms with Crippen LogP contribution in [-0.4, -0.2) is 30.3 Å². The van der Waals surface area contributed by atoms with Crippen LogP contribution in [0.2, 0.25) is 0 Å². The minimum Gasteiger partial charge on any atom is -0.369 e. The molecule has 5 nitrogen and oxygen atoms in total. The highest BCUT2D eigenvalue weighted by molar-refractivity contribution is 7.99. The molecular weight excluding hydrogens is 270 g/mol. The number of fused-ring (bicyclic) bond motifs is 1. The second kappa shape index (κ2) is 5.31. The van der Waals surface area contributed by atoms with Crippen molar-refractivity contribution in [3.63, 3.8) is 0 Å². The van der Waals surface area contributed by atoms with E-state index in [1.807, 2.05) is 23.4 Å². The molecule has 2 unspecified atom stereocenters. The molecule has 0 aliphatic heterocycles. The molecular formula is C14H23N5S. The summed E-state index contributed by atoms with van der Waals surface area (Å²) in [5.41, 5.74) is 9.28. The van der Waals surface area contributed by atoms with Crippen molar-refractivity contribution in [3.05, 3.63) is 5.69 Å². The van der Waals surface area contributed by atoms with Gasteiger partial charge in [0.05, 0.1) is 11.7 Å². The van der Waals surface area contributed by atoms with E-state index < -0.39 is 0 Å². The van der Waals surface area contributed by atoms with Crippen molar-refractivity contribution in [2.45, 2.75) is 57.9 Å². The summed E-state index contributed by atoms with van der Waals surface area (Å²) >= 11 is 2.05. The van der Waals surface area contributed by atoms with E-state index in [4.69, 9.17) is 5.73 Å². The van der Waals surface area contributed by atoms with Crippen LogP contribution in [0.3, 0.4) is 0 Å². The third-order valence-electron chi connectivity index (χ3n) is 4.20. The van der Waals surface area contributed by atoms with Gasteiger partial charge in [-0.3, -0.25) is 4.57 Å². The average molecular weight is 293 g/mol. The number of nitrogens with zero attached hydrogens (tertiary/aromatic N) is 4. The number of aromatic nitrogens is 4. The summed E-state index contributed by atoms with van der Waals surface area (Å²) in [7, 11) is 0. The van der Waals surface area contributed by atoms with Crippen molar-refractivity contribution < 1.29 is 0 Å². The van der Waals surface area contributed by atoms with E-state index in [1.165, 1.54) is 19.3 Å². The summed E-state index contributed by atoms with van der Waals surface area (Å²) in [5, 5.41) is 5.24. The van der Waals surface area contributed by atoms with Crippen LogP contribution in [0, 0.1) is 6.92 Å². The lowest BCUT2D eigenvalue weighted by molar-refractivity contribution is 0.529. The molecule has 2 heterocycles. The standard InChI is InChI=1S/C14H23N5S/c1-4-18-13-12(9(3)17-18)16-14(15)19(13)10-7-6-8-11(10)20-5-2/h10-11H,4-8H2,1-3H3,(H2,15,16). The lowest BCUT2D eigenvalue weighted by Crippen LogP contribution is -2.19. The first-order valence-corrected chi connectivity index (χ1v) is 8.54. The highest BCUT2D eigenvalue weighted by Gasteiger charge is 2.32. The Kier molecular flexibility index (Phi) is 3.67. The Labute approximate surface area is 123 Å². The molecule has 1 aliphatic carbocycles. The summed E-state index contributed by atoms with van der Waals surface area (Å²) in [6, 6.07) is 0.464. The SMILES string of the molecule is CCSC1CCCC1n1c(N)nc2c(C)nn(CC)c21. The second-order valence-electron chi connectivity index (χ2n) is 5.41. The average Bonchev–Trinajstić information content (AvgIpc) is 3.07. The second-order valence-corrected chi connectivity index (χ2v) is 6.92.